The lowest BCUT2D eigenvalue weighted by molar-refractivity contribution is -0.273. The zero-order chi connectivity index (χ0) is 52.2. The van der Waals surface area contributed by atoms with Gasteiger partial charge < -0.3 is 15.3 Å². The van der Waals surface area contributed by atoms with Gasteiger partial charge in [0.1, 0.15) is 0 Å². The van der Waals surface area contributed by atoms with Crippen molar-refractivity contribution in [3.63, 3.8) is 0 Å². The van der Waals surface area contributed by atoms with Crippen LogP contribution < -0.4 is 15.3 Å². The summed E-state index contributed by atoms with van der Waals surface area (Å²) >= 11 is 0. The molecule has 0 unspecified atom stereocenters. The van der Waals surface area contributed by atoms with Gasteiger partial charge in [-0.25, -0.2) is 0 Å². The van der Waals surface area contributed by atoms with Crippen molar-refractivity contribution in [3.8, 4) is 17.2 Å². The highest BCUT2D eigenvalue weighted by Gasteiger charge is 2.55. The number of benzene rings is 3. The largest absolute Gasteiger partial charge is 0.872 e. The molecule has 0 aromatic heterocycles. The van der Waals surface area contributed by atoms with E-state index in [9.17, 15) is 0 Å². The van der Waals surface area contributed by atoms with E-state index >= 15 is 15.3 Å². The highest BCUT2D eigenvalue weighted by atomic mass is 16.3. The molecule has 0 spiro atoms. The third-order valence-corrected chi connectivity index (χ3v) is 23.3. The van der Waals surface area contributed by atoms with E-state index in [-0.39, 0.29) is 32.5 Å². The van der Waals surface area contributed by atoms with Crippen LogP contribution in [0.3, 0.4) is 0 Å². The molecule has 6 heteroatoms. The summed E-state index contributed by atoms with van der Waals surface area (Å²) in [6.07, 6.45) is 23.1. The van der Waals surface area contributed by atoms with E-state index in [1.807, 2.05) is 0 Å². The first-order valence-corrected chi connectivity index (χ1v) is 31.2. The molecule has 12 aliphatic carbocycles. The van der Waals surface area contributed by atoms with Crippen molar-refractivity contribution in [2.75, 3.05) is 39.3 Å². The number of hydrogen-bond donors (Lipinski definition) is 0. The fourth-order valence-electron chi connectivity index (χ4n) is 20.6. The molecule has 1 heterocycles. The van der Waals surface area contributed by atoms with Crippen LogP contribution in [-0.4, -0.2) is 54.0 Å². The standard InChI is InChI=1S/C69H99N3O3/c1-64(2,3)55-25-52(61(73)58(28-55)67-31-43-16-44(32-67)18-45(17-43)33-67)40-70-10-12-71(41-53-26-56(65(4,5)6)29-59(62(53)74)68-34-46-19-47(35-68)21-48(20-46)36-68)14-15-72(13-11-70)42-54-27-57(66(7,8)9)30-60(63(54)75)69-37-49-22-50(38-69)24-51(23-49)39-69/h25-30,43-51,73-75H,10-24,31-42H2,1-9H3/p-3. The van der Waals surface area contributed by atoms with Gasteiger partial charge >= 0.3 is 0 Å². The number of hydrogen-bond acceptors (Lipinski definition) is 6. The molecule has 408 valence electrons. The summed E-state index contributed by atoms with van der Waals surface area (Å²) in [5.74, 6) is 7.93. The molecule has 6 nitrogen and oxygen atoms in total. The molecule has 0 atom stereocenters. The van der Waals surface area contributed by atoms with Gasteiger partial charge in [0, 0.05) is 58.9 Å². The van der Waals surface area contributed by atoms with Crippen LogP contribution in [0.15, 0.2) is 36.4 Å². The number of nitrogens with zero attached hydrogens (tertiary/aromatic N) is 3. The van der Waals surface area contributed by atoms with E-state index < -0.39 is 0 Å². The van der Waals surface area contributed by atoms with Crippen LogP contribution >= 0.6 is 0 Å². The van der Waals surface area contributed by atoms with Gasteiger partial charge in [-0.2, -0.15) is 0 Å². The summed E-state index contributed by atoms with van der Waals surface area (Å²) in [5.41, 5.74) is 10.2. The third kappa shape index (κ3) is 9.44. The Morgan fingerprint density at radius 1 is 0.333 bits per heavy atom. The number of rotatable bonds is 9. The lowest BCUT2D eigenvalue weighted by Gasteiger charge is -2.58. The second-order valence-corrected chi connectivity index (χ2v) is 32.2. The zero-order valence-electron chi connectivity index (χ0n) is 48.3. The maximum atomic E-state index is 15.4. The van der Waals surface area contributed by atoms with Crippen molar-refractivity contribution < 1.29 is 15.3 Å². The quantitative estimate of drug-likeness (QED) is 0.212. The Bertz CT molecular complexity index is 2270. The molecule has 12 saturated carbocycles. The molecule has 12 bridgehead atoms. The second kappa shape index (κ2) is 18.2. The summed E-state index contributed by atoms with van der Waals surface area (Å²) in [6, 6.07) is 14.1. The summed E-state index contributed by atoms with van der Waals surface area (Å²) in [4.78, 5) is 7.77. The van der Waals surface area contributed by atoms with E-state index in [2.05, 4.69) is 113 Å². The van der Waals surface area contributed by atoms with Crippen LogP contribution in [0.1, 0.15) is 228 Å². The van der Waals surface area contributed by atoms with Crippen LogP contribution in [0, 0.1) is 53.3 Å². The van der Waals surface area contributed by atoms with Crippen LogP contribution in [0.25, 0.3) is 0 Å². The molecule has 13 fully saturated rings. The minimum atomic E-state index is -0.0693. The van der Waals surface area contributed by atoms with Gasteiger partial charge in [-0.05, 0) is 251 Å². The van der Waals surface area contributed by atoms with E-state index in [1.54, 1.807) is 0 Å². The lowest BCUT2D eigenvalue weighted by Crippen LogP contribution is -2.49. The topological polar surface area (TPSA) is 78.9 Å². The van der Waals surface area contributed by atoms with Crippen LogP contribution in [0.4, 0.5) is 0 Å². The lowest BCUT2D eigenvalue weighted by atomic mass is 9.47. The molecule has 0 N–H and O–H groups in total. The van der Waals surface area contributed by atoms with Crippen molar-refractivity contribution in [1.82, 2.24) is 14.7 Å². The molecule has 16 rings (SSSR count). The van der Waals surface area contributed by atoms with Crippen molar-refractivity contribution in [3.05, 3.63) is 86.5 Å². The predicted octanol–water partition coefficient (Wildman–Crippen LogP) is 13.0. The normalized spacial score (nSPS) is 36.8. The van der Waals surface area contributed by atoms with Gasteiger partial charge in [0.2, 0.25) is 0 Å². The van der Waals surface area contributed by atoms with Crippen molar-refractivity contribution in [2.24, 2.45) is 53.3 Å². The third-order valence-electron chi connectivity index (χ3n) is 23.3. The minimum absolute atomic E-state index is 0.0303. The van der Waals surface area contributed by atoms with E-state index in [0.717, 1.165) is 126 Å². The Morgan fingerprint density at radius 3 is 0.693 bits per heavy atom. The average molecular weight is 1020 g/mol. The molecule has 0 amide bonds. The van der Waals surface area contributed by atoms with Gasteiger partial charge in [0.25, 0.3) is 0 Å². The van der Waals surface area contributed by atoms with Crippen molar-refractivity contribution >= 4 is 0 Å². The summed E-state index contributed by atoms with van der Waals surface area (Å²) in [7, 11) is 0. The first kappa shape index (κ1) is 51.4. The van der Waals surface area contributed by atoms with Gasteiger partial charge in [0.05, 0.1) is 0 Å². The summed E-state index contributed by atoms with van der Waals surface area (Å²) in [6.45, 7) is 27.9. The van der Waals surface area contributed by atoms with Crippen LogP contribution in [0.5, 0.6) is 17.2 Å². The highest BCUT2D eigenvalue weighted by Crippen LogP contribution is 2.65. The molecule has 1 aliphatic heterocycles. The smallest absolute Gasteiger partial charge is 0.0228 e. The monoisotopic (exact) mass is 1010 g/mol. The predicted molar refractivity (Wildman–Crippen MR) is 299 cm³/mol. The summed E-state index contributed by atoms with van der Waals surface area (Å²) < 4.78 is 0. The van der Waals surface area contributed by atoms with Crippen LogP contribution in [-0.2, 0) is 52.1 Å². The maximum Gasteiger partial charge on any atom is 0.0228 e. The Kier molecular flexibility index (Phi) is 12.5. The second-order valence-electron chi connectivity index (χ2n) is 32.2. The molecular weight excluding hydrogens is 919 g/mol. The fraction of sp³-hybridized carbons (Fsp3) is 0.739. The Balaban J connectivity index is 0.854. The van der Waals surface area contributed by atoms with E-state index in [4.69, 9.17) is 0 Å². The fourth-order valence-corrected chi connectivity index (χ4v) is 20.6. The van der Waals surface area contributed by atoms with Crippen molar-refractivity contribution in [2.45, 2.75) is 230 Å². The van der Waals surface area contributed by atoms with E-state index in [0.29, 0.717) is 36.9 Å². The Labute approximate surface area is 454 Å². The average Bonchev–Trinajstić information content (AvgIpc) is 3.39. The molecule has 3 aromatic rings. The molecule has 3 aromatic carbocycles. The Hall–Kier alpha value is -3.06. The first-order valence-electron chi connectivity index (χ1n) is 31.2. The van der Waals surface area contributed by atoms with Crippen molar-refractivity contribution in [1.29, 1.82) is 0 Å². The molecular formula is C69H96N3O3-3. The maximum absolute atomic E-state index is 15.4. The van der Waals surface area contributed by atoms with Gasteiger partial charge in [-0.15, -0.1) is 17.2 Å². The molecule has 75 heavy (non-hydrogen) atoms. The zero-order valence-corrected chi connectivity index (χ0v) is 48.3. The first-order chi connectivity index (χ1) is 35.5. The van der Waals surface area contributed by atoms with E-state index in [1.165, 1.54) is 132 Å². The molecule has 0 radical (unpaired) electrons. The highest BCUT2D eigenvalue weighted by molar-refractivity contribution is 5.52. The van der Waals surface area contributed by atoms with Gasteiger partial charge in [0.15, 0.2) is 0 Å². The van der Waals surface area contributed by atoms with Crippen LogP contribution in [0.2, 0.25) is 0 Å². The molecule has 13 aliphatic rings. The molecule has 1 saturated heterocycles. The SMILES string of the molecule is CC(C)(C)c1cc(CN2CCN(Cc3cc(C(C)(C)C)cc(C45CC6CC(CC(C6)C4)C5)c3[O-])CCN(Cc3cc(C(C)(C)C)cc(C45CC6CC(CC(C6)C4)C5)c3[O-])CC2)c([O-])c(C23CC4CC(CC(C4)C2)C3)c1. The minimum Gasteiger partial charge on any atom is -0.872 e. The van der Waals surface area contributed by atoms with Gasteiger partial charge in [-0.3, -0.25) is 14.7 Å². The van der Waals surface area contributed by atoms with Gasteiger partial charge in [-0.1, -0.05) is 98.7 Å². The summed E-state index contributed by atoms with van der Waals surface area (Å²) in [5, 5.41) is 46.1. The Morgan fingerprint density at radius 2 is 0.520 bits per heavy atom.